The summed E-state index contributed by atoms with van der Waals surface area (Å²) in [6.45, 7) is 22.1. The van der Waals surface area contributed by atoms with E-state index in [4.69, 9.17) is 14.6 Å². The highest BCUT2D eigenvalue weighted by atomic mass is 16.6. The van der Waals surface area contributed by atoms with Gasteiger partial charge in [0.05, 0.1) is 6.61 Å². The molecule has 1 atom stereocenters. The molecule has 6 aromatic rings. The van der Waals surface area contributed by atoms with Crippen molar-refractivity contribution in [3.8, 4) is 11.5 Å². The summed E-state index contributed by atoms with van der Waals surface area (Å²) >= 11 is 0. The van der Waals surface area contributed by atoms with Crippen molar-refractivity contribution in [2.24, 2.45) is 0 Å². The van der Waals surface area contributed by atoms with Gasteiger partial charge < -0.3 is 40.7 Å². The number of ether oxygens (including phenoxy) is 2. The van der Waals surface area contributed by atoms with Crippen LogP contribution in [0.5, 0.6) is 11.5 Å². The summed E-state index contributed by atoms with van der Waals surface area (Å²) in [5, 5.41) is 21.5. The maximum absolute atomic E-state index is 12.3. The Morgan fingerprint density at radius 3 is 1.46 bits per heavy atom. The number of anilines is 5. The van der Waals surface area contributed by atoms with Gasteiger partial charge in [0.1, 0.15) is 6.61 Å². The molecule has 6 aromatic carbocycles. The lowest BCUT2D eigenvalue weighted by Gasteiger charge is -2.28. The topological polar surface area (TPSA) is 141 Å². The maximum Gasteiger partial charge on any atom is 0.224 e. The van der Waals surface area contributed by atoms with Crippen LogP contribution in [0.4, 0.5) is 28.4 Å². The van der Waals surface area contributed by atoms with Gasteiger partial charge in [0.2, 0.25) is 17.7 Å². The average Bonchev–Trinajstić information content (AvgIpc) is 3.43. The molecule has 0 spiro atoms. The van der Waals surface area contributed by atoms with Gasteiger partial charge in [-0.15, -0.1) is 0 Å². The van der Waals surface area contributed by atoms with Gasteiger partial charge in [-0.2, -0.15) is 0 Å². The fourth-order valence-corrected chi connectivity index (χ4v) is 9.61. The highest BCUT2D eigenvalue weighted by Crippen LogP contribution is 2.35. The molecular formula is C67H85N5O6. The van der Waals surface area contributed by atoms with E-state index in [1.807, 2.05) is 18.2 Å². The van der Waals surface area contributed by atoms with Gasteiger partial charge in [-0.05, 0) is 142 Å². The van der Waals surface area contributed by atoms with Crippen molar-refractivity contribution in [3.63, 3.8) is 0 Å². The predicted molar refractivity (Wildman–Crippen MR) is 321 cm³/mol. The van der Waals surface area contributed by atoms with E-state index in [9.17, 15) is 14.4 Å². The fourth-order valence-electron chi connectivity index (χ4n) is 9.61. The molecule has 3 amide bonds. The maximum atomic E-state index is 12.3. The number of nitrogens with one attached hydrogen (secondary N) is 4. The summed E-state index contributed by atoms with van der Waals surface area (Å²) in [4.78, 5) is 39.1. The molecule has 0 unspecified atom stereocenters. The number of hydrogen-bond donors (Lipinski definition) is 5. The van der Waals surface area contributed by atoms with Gasteiger partial charge >= 0.3 is 0 Å². The molecule has 0 bridgehead atoms. The van der Waals surface area contributed by atoms with Crippen molar-refractivity contribution in [1.82, 2.24) is 0 Å². The van der Waals surface area contributed by atoms with E-state index < -0.39 is 0 Å². The Kier molecular flexibility index (Phi) is 19.9. The van der Waals surface area contributed by atoms with Crippen LogP contribution in [0.15, 0.2) is 127 Å². The largest absolute Gasteiger partial charge is 0.486 e. The van der Waals surface area contributed by atoms with E-state index in [-0.39, 0.29) is 46.7 Å². The van der Waals surface area contributed by atoms with Gasteiger partial charge in [-0.3, -0.25) is 14.4 Å². The van der Waals surface area contributed by atoms with Crippen molar-refractivity contribution in [3.05, 3.63) is 172 Å². The van der Waals surface area contributed by atoms with Gasteiger partial charge in [-0.1, -0.05) is 147 Å². The highest BCUT2D eigenvalue weighted by molar-refractivity contribution is 5.93. The van der Waals surface area contributed by atoms with E-state index in [1.165, 1.54) is 57.5 Å². The van der Waals surface area contributed by atoms with Crippen LogP contribution in [-0.4, -0.2) is 62.3 Å². The monoisotopic (exact) mass is 1060 g/mol. The molecule has 0 aliphatic carbocycles. The van der Waals surface area contributed by atoms with Crippen LogP contribution in [0.1, 0.15) is 139 Å². The third-order valence-corrected chi connectivity index (χ3v) is 14.6. The molecule has 0 saturated heterocycles. The summed E-state index contributed by atoms with van der Waals surface area (Å²) < 4.78 is 11.2. The van der Waals surface area contributed by atoms with Gasteiger partial charge in [0, 0.05) is 73.9 Å². The highest BCUT2D eigenvalue weighted by Gasteiger charge is 2.22. The molecule has 5 N–H and O–H groups in total. The Balaban J connectivity index is 0.000000170. The third-order valence-electron chi connectivity index (χ3n) is 14.6. The molecule has 9 rings (SSSR count). The molecule has 11 heteroatoms. The van der Waals surface area contributed by atoms with Crippen LogP contribution in [-0.2, 0) is 62.7 Å². The first-order valence-electron chi connectivity index (χ1n) is 28.0. The van der Waals surface area contributed by atoms with E-state index in [0.717, 1.165) is 61.4 Å². The molecule has 3 aliphatic heterocycles. The van der Waals surface area contributed by atoms with Crippen molar-refractivity contribution in [2.75, 3.05) is 59.5 Å². The first-order chi connectivity index (χ1) is 37.1. The number of benzene rings is 6. The summed E-state index contributed by atoms with van der Waals surface area (Å²) in [6.07, 6.45) is 7.90. The van der Waals surface area contributed by atoms with E-state index >= 15 is 0 Å². The Morgan fingerprint density at radius 2 is 0.987 bits per heavy atom. The van der Waals surface area contributed by atoms with Crippen LogP contribution >= 0.6 is 0 Å². The van der Waals surface area contributed by atoms with Crippen LogP contribution < -0.4 is 35.6 Å². The minimum Gasteiger partial charge on any atom is -0.486 e. The van der Waals surface area contributed by atoms with Crippen molar-refractivity contribution < 1.29 is 29.0 Å². The van der Waals surface area contributed by atoms with Crippen LogP contribution in [0.25, 0.3) is 0 Å². The predicted octanol–water partition coefficient (Wildman–Crippen LogP) is 13.5. The minimum atomic E-state index is -0.345. The van der Waals surface area contributed by atoms with Crippen LogP contribution in [0.2, 0.25) is 0 Å². The second-order valence-corrected chi connectivity index (χ2v) is 24.2. The lowest BCUT2D eigenvalue weighted by atomic mass is 9.86. The number of nitrogens with zero attached hydrogens (tertiary/aromatic N) is 1. The molecule has 0 radical (unpaired) electrons. The number of fused-ring (bicyclic) bond motifs is 3. The van der Waals surface area contributed by atoms with E-state index in [0.29, 0.717) is 49.5 Å². The quantitative estimate of drug-likeness (QED) is 0.0770. The number of amides is 3. The van der Waals surface area contributed by atoms with Crippen molar-refractivity contribution in [2.45, 2.75) is 149 Å². The SMILES string of the molecule is CC(C)(C)c1ccc(CCC(=O)Nc2ccc3c(c2)NCCC3)cc1.CC(C)(C)c1ccc(CCC(=O)Nc2ccc3c(c2)OC[C@H](CO)O3)cc1.CN1CCCc2ccc(NC(=O)CCc3ccc(C(C)(C)C)cc3)cc21. The zero-order chi connectivity index (χ0) is 56.0. The summed E-state index contributed by atoms with van der Waals surface area (Å²) in [7, 11) is 2.12. The molecule has 0 saturated carbocycles. The first kappa shape index (κ1) is 58.6. The zero-order valence-corrected chi connectivity index (χ0v) is 48.0. The number of aliphatic hydroxyl groups is 1. The lowest BCUT2D eigenvalue weighted by Crippen LogP contribution is -2.32. The van der Waals surface area contributed by atoms with E-state index in [1.54, 1.807) is 18.2 Å². The second-order valence-electron chi connectivity index (χ2n) is 24.2. The lowest BCUT2D eigenvalue weighted by molar-refractivity contribution is -0.117. The van der Waals surface area contributed by atoms with Gasteiger partial charge in [0.15, 0.2) is 17.6 Å². The molecule has 11 nitrogen and oxygen atoms in total. The van der Waals surface area contributed by atoms with E-state index in [2.05, 4.69) is 187 Å². The summed E-state index contributed by atoms with van der Waals surface area (Å²) in [5.74, 6) is 1.26. The standard InChI is InChI=1S/C23H30N2O.C22H28N2O.C22H27NO4/c1-23(2,3)19-11-7-17(8-12-19)9-14-22(26)24-20-13-10-18-6-5-15-25(4)21(18)16-20;1-22(2,3)18-10-6-16(7-11-18)8-13-21(25)24-19-12-9-17-5-4-14-23-20(17)15-19;1-22(2,3)16-7-4-15(5-8-16)6-11-21(25)23-17-9-10-19-20(12-17)26-14-18(13-24)27-19/h7-8,10-13,16H,5-6,9,14-15H2,1-4H3,(H,24,26);6-7,9-12,15,23H,4-5,8,13-14H2,1-3H3,(H,24,25);4-5,7-10,12,18,24H,6,11,13-14H2,1-3H3,(H,23,25)/t;;18-/m..0/s1. The molecule has 3 aliphatic rings. The first-order valence-corrected chi connectivity index (χ1v) is 28.0. The Hall–Kier alpha value is -7.11. The van der Waals surface area contributed by atoms with Crippen LogP contribution in [0, 0.1) is 0 Å². The van der Waals surface area contributed by atoms with Gasteiger partial charge in [0.25, 0.3) is 0 Å². The number of carbonyl (C=O) groups is 3. The number of aliphatic hydroxyl groups excluding tert-OH is 1. The molecular weight excluding hydrogens is 971 g/mol. The van der Waals surface area contributed by atoms with Crippen LogP contribution in [0.3, 0.4) is 0 Å². The Morgan fingerprint density at radius 1 is 0.551 bits per heavy atom. The number of carbonyl (C=O) groups excluding carboxylic acids is 3. The summed E-state index contributed by atoms with van der Waals surface area (Å²) in [5.41, 5.74) is 15.5. The smallest absolute Gasteiger partial charge is 0.224 e. The second kappa shape index (κ2) is 26.5. The summed E-state index contributed by atoms with van der Waals surface area (Å²) in [6, 6.07) is 43.4. The van der Waals surface area contributed by atoms with Crippen molar-refractivity contribution in [1.29, 1.82) is 0 Å². The molecule has 0 fully saturated rings. The molecule has 414 valence electrons. The number of rotatable bonds is 13. The van der Waals surface area contributed by atoms with Crippen molar-refractivity contribution >= 4 is 46.2 Å². The normalized spacial score (nSPS) is 14.7. The molecule has 3 heterocycles. The Bertz CT molecular complexity index is 2950. The zero-order valence-electron chi connectivity index (χ0n) is 48.0. The minimum absolute atomic E-state index is 0.0418. The Labute approximate surface area is 464 Å². The van der Waals surface area contributed by atoms with Gasteiger partial charge in [-0.25, -0.2) is 0 Å². The number of aryl methyl sites for hydroxylation is 5. The third kappa shape index (κ3) is 17.5. The average molecular weight is 1060 g/mol. The molecule has 0 aromatic heterocycles. The molecule has 78 heavy (non-hydrogen) atoms. The fraction of sp³-hybridized carbons (Fsp3) is 0.418. The number of hydrogen-bond acceptors (Lipinski definition) is 8.